The van der Waals surface area contributed by atoms with Crippen molar-refractivity contribution in [2.24, 2.45) is 0 Å². The molecule has 0 amide bonds. The van der Waals surface area contributed by atoms with Crippen LogP contribution in [0.25, 0.3) is 0 Å². The standard InChI is InChI=1S/C7H9F6/c1-6(10,11)2-3-7(12,13)4-5(8)9/h2-4H2,1H3. The summed E-state index contributed by atoms with van der Waals surface area (Å²) >= 11 is 0. The van der Waals surface area contributed by atoms with Crippen molar-refractivity contribution in [1.82, 2.24) is 0 Å². The van der Waals surface area contributed by atoms with Gasteiger partial charge in [0.25, 0.3) is 5.92 Å². The number of halogens is 6. The second-order valence-corrected chi connectivity index (χ2v) is 2.94. The van der Waals surface area contributed by atoms with E-state index in [9.17, 15) is 26.3 Å². The van der Waals surface area contributed by atoms with E-state index >= 15 is 0 Å². The molecule has 0 N–H and O–H groups in total. The third-order valence-electron chi connectivity index (χ3n) is 1.32. The van der Waals surface area contributed by atoms with Crippen LogP contribution in [0.15, 0.2) is 0 Å². The third-order valence-corrected chi connectivity index (χ3v) is 1.32. The maximum Gasteiger partial charge on any atom is 0.316 e. The molecule has 6 heteroatoms. The highest BCUT2D eigenvalue weighted by atomic mass is 19.3. The molecule has 0 aliphatic carbocycles. The second kappa shape index (κ2) is 4.19. The lowest BCUT2D eigenvalue weighted by atomic mass is 10.1. The van der Waals surface area contributed by atoms with Gasteiger partial charge in [0.05, 0.1) is 6.42 Å². The first-order valence-electron chi connectivity index (χ1n) is 3.55. The van der Waals surface area contributed by atoms with Crippen LogP contribution >= 0.6 is 0 Å². The normalized spacial score (nSPS) is 13.8. The van der Waals surface area contributed by atoms with Gasteiger partial charge in [-0.25, -0.2) is 17.6 Å². The van der Waals surface area contributed by atoms with Crippen molar-refractivity contribution < 1.29 is 26.3 Å². The van der Waals surface area contributed by atoms with E-state index in [1.807, 2.05) is 0 Å². The Morgan fingerprint density at radius 1 is 1.00 bits per heavy atom. The summed E-state index contributed by atoms with van der Waals surface area (Å²) in [6.45, 7) is 0.471. The Morgan fingerprint density at radius 3 is 1.77 bits per heavy atom. The molecule has 0 fully saturated rings. The molecule has 0 bridgehead atoms. The molecule has 0 saturated heterocycles. The first-order valence-corrected chi connectivity index (χ1v) is 3.55. The van der Waals surface area contributed by atoms with Gasteiger partial charge in [-0.2, -0.15) is 8.78 Å². The predicted molar refractivity (Wildman–Crippen MR) is 34.9 cm³/mol. The molecule has 0 aromatic heterocycles. The van der Waals surface area contributed by atoms with Gasteiger partial charge in [-0.05, 0) is 6.92 Å². The van der Waals surface area contributed by atoms with Gasteiger partial charge in [0, 0.05) is 12.8 Å². The number of rotatable bonds is 5. The SMILES string of the molecule is CC(F)(F)CCC(F)(F)C[C](F)F. The lowest BCUT2D eigenvalue weighted by Gasteiger charge is -2.17. The lowest BCUT2D eigenvalue weighted by Crippen LogP contribution is -2.22. The number of hydrogen-bond acceptors (Lipinski definition) is 0. The van der Waals surface area contributed by atoms with E-state index in [0.717, 1.165) is 0 Å². The van der Waals surface area contributed by atoms with Gasteiger partial charge in [0.1, 0.15) is 0 Å². The fourth-order valence-corrected chi connectivity index (χ4v) is 0.686. The molecule has 0 spiro atoms. The Labute approximate surface area is 71.9 Å². The van der Waals surface area contributed by atoms with Crippen molar-refractivity contribution in [3.63, 3.8) is 0 Å². The maximum atomic E-state index is 12.4. The maximum absolute atomic E-state index is 12.4. The van der Waals surface area contributed by atoms with Gasteiger partial charge in [0.15, 0.2) is 0 Å². The van der Waals surface area contributed by atoms with E-state index in [4.69, 9.17) is 0 Å². The van der Waals surface area contributed by atoms with Crippen LogP contribution in [-0.2, 0) is 0 Å². The minimum absolute atomic E-state index is 0.471. The van der Waals surface area contributed by atoms with E-state index in [-0.39, 0.29) is 0 Å². The summed E-state index contributed by atoms with van der Waals surface area (Å²) in [5.41, 5.74) is 0. The average molecular weight is 207 g/mol. The van der Waals surface area contributed by atoms with E-state index in [0.29, 0.717) is 6.92 Å². The van der Waals surface area contributed by atoms with Crippen LogP contribution in [0, 0.1) is 6.43 Å². The molecule has 0 aromatic carbocycles. The molecule has 0 nitrogen and oxygen atoms in total. The van der Waals surface area contributed by atoms with Crippen molar-refractivity contribution in [1.29, 1.82) is 0 Å². The molecule has 79 valence electrons. The zero-order valence-corrected chi connectivity index (χ0v) is 6.89. The highest BCUT2D eigenvalue weighted by molar-refractivity contribution is 4.77. The smallest absolute Gasteiger partial charge is 0.207 e. The Morgan fingerprint density at radius 2 is 1.46 bits per heavy atom. The van der Waals surface area contributed by atoms with Crippen LogP contribution in [0.5, 0.6) is 0 Å². The Bertz CT molecular complexity index is 148. The summed E-state index contributed by atoms with van der Waals surface area (Å²) in [5, 5.41) is 0. The Kier molecular flexibility index (Phi) is 4.06. The van der Waals surface area contributed by atoms with Gasteiger partial charge in [-0.1, -0.05) is 0 Å². The van der Waals surface area contributed by atoms with Gasteiger partial charge < -0.3 is 0 Å². The molecular formula is C7H9F6. The fourth-order valence-electron chi connectivity index (χ4n) is 0.686. The van der Waals surface area contributed by atoms with Gasteiger partial charge in [-0.15, -0.1) is 0 Å². The summed E-state index contributed by atoms with van der Waals surface area (Å²) < 4.78 is 71.7. The van der Waals surface area contributed by atoms with Gasteiger partial charge in [-0.3, -0.25) is 0 Å². The number of alkyl halides is 4. The molecule has 0 atom stereocenters. The van der Waals surface area contributed by atoms with Crippen molar-refractivity contribution >= 4 is 0 Å². The molecule has 13 heavy (non-hydrogen) atoms. The number of hydrogen-bond donors (Lipinski definition) is 0. The highest BCUT2D eigenvalue weighted by Gasteiger charge is 2.37. The lowest BCUT2D eigenvalue weighted by molar-refractivity contribution is -0.0668. The van der Waals surface area contributed by atoms with Crippen LogP contribution in [0.1, 0.15) is 26.2 Å². The molecule has 0 rings (SSSR count). The van der Waals surface area contributed by atoms with Crippen LogP contribution in [-0.4, -0.2) is 11.8 Å². The molecule has 0 saturated carbocycles. The largest absolute Gasteiger partial charge is 0.316 e. The monoisotopic (exact) mass is 207 g/mol. The average Bonchev–Trinajstić information content (AvgIpc) is 1.79. The predicted octanol–water partition coefficient (Wildman–Crippen LogP) is 3.88. The summed E-state index contributed by atoms with van der Waals surface area (Å²) in [5.74, 6) is -6.98. The Balaban J connectivity index is 3.89. The zero-order chi connectivity index (χ0) is 10.7. The van der Waals surface area contributed by atoms with Crippen molar-refractivity contribution in [2.75, 3.05) is 0 Å². The third kappa shape index (κ3) is 7.93. The minimum Gasteiger partial charge on any atom is -0.207 e. The van der Waals surface area contributed by atoms with Crippen molar-refractivity contribution in [2.45, 2.75) is 38.0 Å². The van der Waals surface area contributed by atoms with Crippen LogP contribution in [0.2, 0.25) is 0 Å². The summed E-state index contributed by atoms with van der Waals surface area (Å²) in [6.07, 6.45) is -6.49. The topological polar surface area (TPSA) is 0 Å². The zero-order valence-electron chi connectivity index (χ0n) is 6.89. The Hall–Kier alpha value is -0.420. The molecule has 0 unspecified atom stereocenters. The summed E-state index contributed by atoms with van der Waals surface area (Å²) in [7, 11) is 0. The molecule has 0 aliphatic rings. The fraction of sp³-hybridized carbons (Fsp3) is 0.857. The quantitative estimate of drug-likeness (QED) is 0.600. The van der Waals surface area contributed by atoms with E-state index < -0.39 is 37.5 Å². The van der Waals surface area contributed by atoms with E-state index in [1.165, 1.54) is 0 Å². The second-order valence-electron chi connectivity index (χ2n) is 2.94. The molecular weight excluding hydrogens is 198 g/mol. The van der Waals surface area contributed by atoms with Gasteiger partial charge >= 0.3 is 6.43 Å². The van der Waals surface area contributed by atoms with Crippen molar-refractivity contribution in [3.8, 4) is 0 Å². The molecule has 0 aromatic rings. The van der Waals surface area contributed by atoms with Crippen LogP contribution in [0.3, 0.4) is 0 Å². The first kappa shape index (κ1) is 12.6. The molecule has 0 aliphatic heterocycles. The highest BCUT2D eigenvalue weighted by Crippen LogP contribution is 2.33. The van der Waals surface area contributed by atoms with Gasteiger partial charge in [0.2, 0.25) is 5.92 Å². The summed E-state index contributed by atoms with van der Waals surface area (Å²) in [6, 6.07) is 0. The van der Waals surface area contributed by atoms with Crippen molar-refractivity contribution in [3.05, 3.63) is 6.43 Å². The minimum atomic E-state index is -3.74. The first-order chi connectivity index (χ1) is 5.62. The summed E-state index contributed by atoms with van der Waals surface area (Å²) in [4.78, 5) is 0. The molecule has 1 radical (unpaired) electrons. The van der Waals surface area contributed by atoms with E-state index in [2.05, 4.69) is 0 Å². The van der Waals surface area contributed by atoms with Crippen LogP contribution < -0.4 is 0 Å². The van der Waals surface area contributed by atoms with E-state index in [1.54, 1.807) is 0 Å². The molecule has 0 heterocycles. The van der Waals surface area contributed by atoms with Crippen LogP contribution in [0.4, 0.5) is 26.3 Å².